The van der Waals surface area contributed by atoms with Crippen LogP contribution in [0.4, 0.5) is 5.95 Å². The van der Waals surface area contributed by atoms with Gasteiger partial charge in [-0.2, -0.15) is 0 Å². The van der Waals surface area contributed by atoms with Crippen molar-refractivity contribution in [1.29, 1.82) is 0 Å². The van der Waals surface area contributed by atoms with Crippen molar-refractivity contribution in [3.05, 3.63) is 61.1 Å². The minimum absolute atomic E-state index is 0.280. The van der Waals surface area contributed by atoms with Gasteiger partial charge in [0.15, 0.2) is 0 Å². The molecule has 4 heterocycles. The molecule has 0 radical (unpaired) electrons. The molecule has 0 aliphatic carbocycles. The molecule has 1 saturated heterocycles. The highest BCUT2D eigenvalue weighted by Gasteiger charge is 2.24. The Morgan fingerprint density at radius 3 is 2.76 bits per heavy atom. The van der Waals surface area contributed by atoms with E-state index in [1.807, 2.05) is 24.4 Å². The number of anilines is 1. The van der Waals surface area contributed by atoms with Gasteiger partial charge in [-0.15, -0.1) is 0 Å². The van der Waals surface area contributed by atoms with Gasteiger partial charge in [-0.3, -0.25) is 9.97 Å². The van der Waals surface area contributed by atoms with E-state index in [0.717, 1.165) is 37.6 Å². The molecule has 25 heavy (non-hydrogen) atoms. The largest absolute Gasteiger partial charge is 0.436 e. The molecule has 0 N–H and O–H groups in total. The van der Waals surface area contributed by atoms with Crippen LogP contribution in [0.5, 0.6) is 11.6 Å². The van der Waals surface area contributed by atoms with E-state index in [1.54, 1.807) is 31.0 Å². The average molecular weight is 334 g/mol. The third-order valence-electron chi connectivity index (χ3n) is 4.16. The zero-order valence-corrected chi connectivity index (χ0v) is 13.7. The van der Waals surface area contributed by atoms with Crippen molar-refractivity contribution in [2.45, 2.75) is 18.8 Å². The summed E-state index contributed by atoms with van der Waals surface area (Å²) in [4.78, 5) is 23.9. The average Bonchev–Trinajstić information content (AvgIpc) is 2.70. The van der Waals surface area contributed by atoms with Gasteiger partial charge in [0.2, 0.25) is 11.8 Å². The molecular formula is C18H18N6O. The van der Waals surface area contributed by atoms with E-state index in [0.29, 0.717) is 11.6 Å². The second-order valence-corrected chi connectivity index (χ2v) is 5.91. The molecule has 1 fully saturated rings. The van der Waals surface area contributed by atoms with E-state index in [4.69, 9.17) is 4.74 Å². The van der Waals surface area contributed by atoms with E-state index in [9.17, 15) is 0 Å². The van der Waals surface area contributed by atoms with Crippen molar-refractivity contribution in [2.75, 3.05) is 18.0 Å². The Labute approximate surface area is 145 Å². The maximum absolute atomic E-state index is 5.75. The van der Waals surface area contributed by atoms with Crippen LogP contribution in [0.1, 0.15) is 24.5 Å². The van der Waals surface area contributed by atoms with Gasteiger partial charge in [-0.25, -0.2) is 15.0 Å². The minimum atomic E-state index is 0.280. The summed E-state index contributed by atoms with van der Waals surface area (Å²) in [5, 5.41) is 0. The number of rotatable bonds is 4. The van der Waals surface area contributed by atoms with Crippen LogP contribution >= 0.6 is 0 Å². The summed E-state index contributed by atoms with van der Waals surface area (Å²) >= 11 is 0. The Kier molecular flexibility index (Phi) is 4.45. The Hall–Kier alpha value is -3.09. The Morgan fingerprint density at radius 2 is 1.92 bits per heavy atom. The molecule has 1 aliphatic heterocycles. The standard InChI is InChI=1S/C18H18N6O/c1-5-15(10-19-6-1)25-17-12-20-11-16(23-17)14-4-2-9-24(13-14)18-21-7-3-8-22-18/h1,3,5-8,10-12,14H,2,4,9,13H2. The van der Waals surface area contributed by atoms with Gasteiger partial charge in [0.1, 0.15) is 5.75 Å². The maximum atomic E-state index is 5.75. The third-order valence-corrected chi connectivity index (χ3v) is 4.16. The number of aromatic nitrogens is 5. The molecule has 3 aromatic heterocycles. The van der Waals surface area contributed by atoms with Crippen LogP contribution in [0.25, 0.3) is 0 Å². The van der Waals surface area contributed by atoms with Gasteiger partial charge in [0.05, 0.1) is 18.1 Å². The molecule has 0 amide bonds. The van der Waals surface area contributed by atoms with E-state index >= 15 is 0 Å². The summed E-state index contributed by atoms with van der Waals surface area (Å²) in [7, 11) is 0. The van der Waals surface area contributed by atoms with Crippen LogP contribution in [0.2, 0.25) is 0 Å². The number of pyridine rings is 1. The lowest BCUT2D eigenvalue weighted by Crippen LogP contribution is -2.35. The van der Waals surface area contributed by atoms with Crippen molar-refractivity contribution in [1.82, 2.24) is 24.9 Å². The molecule has 3 aromatic rings. The first-order valence-electron chi connectivity index (χ1n) is 8.30. The fourth-order valence-electron chi connectivity index (χ4n) is 2.99. The zero-order valence-electron chi connectivity index (χ0n) is 13.7. The van der Waals surface area contributed by atoms with Gasteiger partial charge >= 0.3 is 0 Å². The van der Waals surface area contributed by atoms with E-state index in [2.05, 4.69) is 29.8 Å². The van der Waals surface area contributed by atoms with Crippen molar-refractivity contribution in [3.63, 3.8) is 0 Å². The molecule has 0 bridgehead atoms. The lowest BCUT2D eigenvalue weighted by Gasteiger charge is -2.32. The van der Waals surface area contributed by atoms with Crippen molar-refractivity contribution in [3.8, 4) is 11.6 Å². The molecule has 7 heteroatoms. The van der Waals surface area contributed by atoms with Gasteiger partial charge in [0.25, 0.3) is 0 Å². The second-order valence-electron chi connectivity index (χ2n) is 5.91. The van der Waals surface area contributed by atoms with Crippen LogP contribution in [0, 0.1) is 0 Å². The molecule has 0 spiro atoms. The first-order chi connectivity index (χ1) is 12.4. The molecule has 1 atom stereocenters. The summed E-state index contributed by atoms with van der Waals surface area (Å²) in [6.45, 7) is 1.79. The molecule has 126 valence electrons. The summed E-state index contributed by atoms with van der Waals surface area (Å²) in [6, 6.07) is 5.50. The quantitative estimate of drug-likeness (QED) is 0.726. The minimum Gasteiger partial charge on any atom is -0.436 e. The SMILES string of the molecule is c1cnc(N2CCCC(c3cncc(Oc4cccnc4)n3)C2)nc1. The van der Waals surface area contributed by atoms with E-state index in [-0.39, 0.29) is 5.92 Å². The smallest absolute Gasteiger partial charge is 0.238 e. The Balaban J connectivity index is 1.50. The van der Waals surface area contributed by atoms with Crippen LogP contribution < -0.4 is 9.64 Å². The summed E-state index contributed by atoms with van der Waals surface area (Å²) in [6.07, 6.45) is 12.5. The lowest BCUT2D eigenvalue weighted by atomic mass is 9.95. The maximum Gasteiger partial charge on any atom is 0.238 e. The first kappa shape index (κ1) is 15.4. The monoisotopic (exact) mass is 334 g/mol. The normalized spacial score (nSPS) is 17.3. The fraction of sp³-hybridized carbons (Fsp3) is 0.278. The van der Waals surface area contributed by atoms with Crippen LogP contribution in [0.15, 0.2) is 55.4 Å². The van der Waals surface area contributed by atoms with Gasteiger partial charge in [0, 0.05) is 43.8 Å². The molecule has 0 aromatic carbocycles. The van der Waals surface area contributed by atoms with Gasteiger partial charge < -0.3 is 9.64 Å². The van der Waals surface area contributed by atoms with Crippen LogP contribution in [-0.2, 0) is 0 Å². The van der Waals surface area contributed by atoms with Crippen molar-refractivity contribution >= 4 is 5.95 Å². The lowest BCUT2D eigenvalue weighted by molar-refractivity contribution is 0.443. The van der Waals surface area contributed by atoms with Gasteiger partial charge in [-0.1, -0.05) is 0 Å². The first-order valence-corrected chi connectivity index (χ1v) is 8.30. The molecule has 4 rings (SSSR count). The van der Waals surface area contributed by atoms with E-state index in [1.165, 1.54) is 0 Å². The van der Waals surface area contributed by atoms with Crippen LogP contribution in [0.3, 0.4) is 0 Å². The molecule has 1 unspecified atom stereocenters. The Bertz CT molecular complexity index is 814. The highest BCUT2D eigenvalue weighted by atomic mass is 16.5. The van der Waals surface area contributed by atoms with Crippen molar-refractivity contribution in [2.24, 2.45) is 0 Å². The number of ether oxygens (including phenoxy) is 1. The number of nitrogens with zero attached hydrogens (tertiary/aromatic N) is 6. The third kappa shape index (κ3) is 3.71. The predicted molar refractivity (Wildman–Crippen MR) is 92.6 cm³/mol. The molecule has 7 nitrogen and oxygen atoms in total. The second kappa shape index (κ2) is 7.21. The predicted octanol–water partition coefficient (Wildman–Crippen LogP) is 2.84. The van der Waals surface area contributed by atoms with Gasteiger partial charge in [-0.05, 0) is 31.0 Å². The van der Waals surface area contributed by atoms with Crippen molar-refractivity contribution < 1.29 is 4.74 Å². The molecule has 0 saturated carbocycles. The number of piperidine rings is 1. The van der Waals surface area contributed by atoms with Crippen LogP contribution in [-0.4, -0.2) is 38.0 Å². The number of hydrogen-bond acceptors (Lipinski definition) is 7. The topological polar surface area (TPSA) is 76.9 Å². The zero-order chi connectivity index (χ0) is 16.9. The fourth-order valence-corrected chi connectivity index (χ4v) is 2.99. The highest BCUT2D eigenvalue weighted by Crippen LogP contribution is 2.28. The highest BCUT2D eigenvalue weighted by molar-refractivity contribution is 5.31. The summed E-state index contributed by atoms with van der Waals surface area (Å²) in [5.41, 5.74) is 0.932. The Morgan fingerprint density at radius 1 is 1.00 bits per heavy atom. The molecule has 1 aliphatic rings. The molecular weight excluding hydrogens is 316 g/mol. The summed E-state index contributed by atoms with van der Waals surface area (Å²) in [5.74, 6) is 2.18. The summed E-state index contributed by atoms with van der Waals surface area (Å²) < 4.78 is 5.75. The van der Waals surface area contributed by atoms with E-state index < -0.39 is 0 Å². The number of hydrogen-bond donors (Lipinski definition) is 0.